The number of rotatable bonds is 6. The lowest BCUT2D eigenvalue weighted by molar-refractivity contribution is 0.290. The summed E-state index contributed by atoms with van der Waals surface area (Å²) in [6.07, 6.45) is 0. The topological polar surface area (TPSA) is 39.9 Å². The van der Waals surface area contributed by atoms with E-state index in [9.17, 15) is 4.39 Å². The van der Waals surface area contributed by atoms with E-state index in [1.54, 1.807) is 18.2 Å². The van der Waals surface area contributed by atoms with Crippen molar-refractivity contribution in [2.24, 2.45) is 7.05 Å². The van der Waals surface area contributed by atoms with Crippen LogP contribution >= 0.6 is 46.6 Å². The number of hydrogen-bond donors (Lipinski definition) is 0. The molecule has 1 heterocycles. The van der Waals surface area contributed by atoms with Crippen LogP contribution in [0, 0.1) is 5.82 Å². The molecule has 26 heavy (non-hydrogen) atoms. The van der Waals surface area contributed by atoms with Gasteiger partial charge in [-0.15, -0.1) is 10.2 Å². The second-order valence-electron chi connectivity index (χ2n) is 5.31. The molecule has 3 aromatic rings. The van der Waals surface area contributed by atoms with E-state index >= 15 is 0 Å². The second-order valence-corrected chi connectivity index (χ2v) is 7.48. The molecule has 0 unspecified atom stereocenters. The maximum Gasteiger partial charge on any atom is 0.191 e. The van der Waals surface area contributed by atoms with E-state index < -0.39 is 5.82 Å². The first kappa shape index (κ1) is 19.3. The van der Waals surface area contributed by atoms with Gasteiger partial charge in [0.25, 0.3) is 0 Å². The maximum absolute atomic E-state index is 13.2. The van der Waals surface area contributed by atoms with Crippen LogP contribution in [0.15, 0.2) is 41.6 Å². The minimum Gasteiger partial charge on any atom is -0.486 e. The summed E-state index contributed by atoms with van der Waals surface area (Å²) in [6.45, 7) is 0.179. The zero-order valence-corrected chi connectivity index (χ0v) is 16.6. The molecule has 0 atom stereocenters. The lowest BCUT2D eigenvalue weighted by Crippen LogP contribution is -2.04. The van der Waals surface area contributed by atoms with Gasteiger partial charge in [-0.05, 0) is 29.8 Å². The zero-order chi connectivity index (χ0) is 18.7. The molecule has 0 aliphatic carbocycles. The third kappa shape index (κ3) is 4.43. The largest absolute Gasteiger partial charge is 0.486 e. The van der Waals surface area contributed by atoms with Crippen LogP contribution in [0.1, 0.15) is 11.4 Å². The molecule has 0 fully saturated rings. The van der Waals surface area contributed by atoms with E-state index in [1.165, 1.54) is 30.0 Å². The minimum atomic E-state index is -0.491. The highest BCUT2D eigenvalue weighted by molar-refractivity contribution is 7.98. The molecule has 0 saturated heterocycles. The smallest absolute Gasteiger partial charge is 0.191 e. The highest BCUT2D eigenvalue weighted by Gasteiger charge is 2.13. The molecule has 2 aromatic carbocycles. The monoisotopic (exact) mass is 431 g/mol. The molecule has 0 spiro atoms. The van der Waals surface area contributed by atoms with Gasteiger partial charge in [-0.25, -0.2) is 4.39 Å². The van der Waals surface area contributed by atoms with Crippen molar-refractivity contribution in [2.75, 3.05) is 0 Å². The third-order valence-electron chi connectivity index (χ3n) is 3.59. The Hall–Kier alpha value is -1.47. The predicted molar refractivity (Wildman–Crippen MR) is 103 cm³/mol. The lowest BCUT2D eigenvalue weighted by Gasteiger charge is -2.08. The third-order valence-corrected chi connectivity index (χ3v) is 5.64. The van der Waals surface area contributed by atoms with Crippen molar-refractivity contribution in [1.82, 2.24) is 14.8 Å². The summed E-state index contributed by atoms with van der Waals surface area (Å²) in [7, 11) is 1.84. The van der Waals surface area contributed by atoms with Crippen molar-refractivity contribution >= 4 is 46.6 Å². The van der Waals surface area contributed by atoms with Crippen LogP contribution in [0.5, 0.6) is 5.75 Å². The van der Waals surface area contributed by atoms with E-state index in [0.717, 1.165) is 5.56 Å². The van der Waals surface area contributed by atoms with Crippen molar-refractivity contribution in [2.45, 2.75) is 17.5 Å². The van der Waals surface area contributed by atoms with Gasteiger partial charge in [-0.1, -0.05) is 52.6 Å². The first-order valence-corrected chi connectivity index (χ1v) is 9.59. The van der Waals surface area contributed by atoms with Crippen molar-refractivity contribution in [3.8, 4) is 5.75 Å². The molecule has 136 valence electrons. The minimum absolute atomic E-state index is 0.00771. The maximum atomic E-state index is 13.2. The van der Waals surface area contributed by atoms with E-state index in [1.807, 2.05) is 11.6 Å². The molecule has 1 aromatic heterocycles. The van der Waals surface area contributed by atoms with Gasteiger partial charge in [-0.3, -0.25) is 0 Å². The highest BCUT2D eigenvalue weighted by Crippen LogP contribution is 2.31. The summed E-state index contributed by atoms with van der Waals surface area (Å²) in [5, 5.41) is 10.2. The van der Waals surface area contributed by atoms with Crippen LogP contribution in [-0.2, 0) is 19.4 Å². The van der Waals surface area contributed by atoms with E-state index in [2.05, 4.69) is 10.2 Å². The molecular formula is C17H13Cl3FN3OS. The quantitative estimate of drug-likeness (QED) is 0.463. The number of nitrogens with zero attached hydrogens (tertiary/aromatic N) is 3. The van der Waals surface area contributed by atoms with E-state index in [0.29, 0.717) is 32.5 Å². The number of aromatic nitrogens is 3. The summed E-state index contributed by atoms with van der Waals surface area (Å²) in [4.78, 5) is 0. The van der Waals surface area contributed by atoms with Crippen LogP contribution in [0.3, 0.4) is 0 Å². The zero-order valence-electron chi connectivity index (χ0n) is 13.5. The van der Waals surface area contributed by atoms with Crippen molar-refractivity contribution in [3.63, 3.8) is 0 Å². The van der Waals surface area contributed by atoms with Crippen molar-refractivity contribution in [3.05, 3.63) is 68.7 Å². The Bertz CT molecular complexity index is 915. The second kappa shape index (κ2) is 8.48. The number of thioether (sulfide) groups is 1. The molecule has 9 heteroatoms. The Labute approximate surface area is 169 Å². The summed E-state index contributed by atoms with van der Waals surface area (Å²) in [6, 6.07) is 9.58. The molecule has 0 aliphatic rings. The molecule has 0 aliphatic heterocycles. The standard InChI is InChI=1S/C17H13Cl3FN3OS/c1-24-16(8-25-10-5-6-15(21)14(20)7-10)22-23-17(24)26-9-11-12(18)3-2-4-13(11)19/h2-7H,8-9H2,1H3. The van der Waals surface area contributed by atoms with Crippen LogP contribution in [-0.4, -0.2) is 14.8 Å². The van der Waals surface area contributed by atoms with E-state index in [4.69, 9.17) is 39.5 Å². The summed E-state index contributed by atoms with van der Waals surface area (Å²) >= 11 is 19.6. The Morgan fingerprint density at radius 2 is 1.81 bits per heavy atom. The van der Waals surface area contributed by atoms with Gasteiger partial charge >= 0.3 is 0 Å². The molecule has 0 amide bonds. The first-order chi connectivity index (χ1) is 12.5. The summed E-state index contributed by atoms with van der Waals surface area (Å²) < 4.78 is 20.6. The normalized spacial score (nSPS) is 11.0. The van der Waals surface area contributed by atoms with Crippen LogP contribution in [0.2, 0.25) is 15.1 Å². The molecule has 4 nitrogen and oxygen atoms in total. The summed E-state index contributed by atoms with van der Waals surface area (Å²) in [5.74, 6) is 1.16. The SMILES string of the molecule is Cn1c(COc2ccc(F)c(Cl)c2)nnc1SCc1c(Cl)cccc1Cl. The van der Waals surface area contributed by atoms with Gasteiger partial charge in [0, 0.05) is 28.9 Å². The lowest BCUT2D eigenvalue weighted by atomic mass is 10.2. The molecular weight excluding hydrogens is 420 g/mol. The van der Waals surface area contributed by atoms with Gasteiger partial charge in [-0.2, -0.15) is 0 Å². The van der Waals surface area contributed by atoms with Gasteiger partial charge < -0.3 is 9.30 Å². The number of hydrogen-bond acceptors (Lipinski definition) is 4. The van der Waals surface area contributed by atoms with Gasteiger partial charge in [0.05, 0.1) is 5.02 Å². The first-order valence-electron chi connectivity index (χ1n) is 7.47. The Morgan fingerprint density at radius 1 is 1.08 bits per heavy atom. The van der Waals surface area contributed by atoms with Crippen LogP contribution in [0.25, 0.3) is 0 Å². The summed E-state index contributed by atoms with van der Waals surface area (Å²) in [5.41, 5.74) is 0.850. The van der Waals surface area contributed by atoms with E-state index in [-0.39, 0.29) is 11.6 Å². The highest BCUT2D eigenvalue weighted by atomic mass is 35.5. The molecule has 0 radical (unpaired) electrons. The molecule has 3 rings (SSSR count). The van der Waals surface area contributed by atoms with Crippen LogP contribution in [0.4, 0.5) is 4.39 Å². The average Bonchev–Trinajstić information content (AvgIpc) is 2.96. The number of benzene rings is 2. The van der Waals surface area contributed by atoms with Crippen molar-refractivity contribution in [1.29, 1.82) is 0 Å². The fraction of sp³-hybridized carbons (Fsp3) is 0.176. The van der Waals surface area contributed by atoms with Gasteiger partial charge in [0.2, 0.25) is 0 Å². The predicted octanol–water partition coefficient (Wildman–Crippen LogP) is 5.79. The molecule has 0 bridgehead atoms. The fourth-order valence-corrected chi connectivity index (χ4v) is 3.96. The Morgan fingerprint density at radius 3 is 2.50 bits per heavy atom. The fourth-order valence-electron chi connectivity index (χ4n) is 2.12. The molecule has 0 saturated carbocycles. The van der Waals surface area contributed by atoms with Gasteiger partial charge in [0.1, 0.15) is 18.2 Å². The number of ether oxygens (including phenoxy) is 1. The average molecular weight is 433 g/mol. The number of halogens is 4. The van der Waals surface area contributed by atoms with Crippen molar-refractivity contribution < 1.29 is 9.13 Å². The molecule has 0 N–H and O–H groups in total. The Balaban J connectivity index is 1.65. The van der Waals surface area contributed by atoms with Gasteiger partial charge in [0.15, 0.2) is 11.0 Å². The van der Waals surface area contributed by atoms with Crippen LogP contribution < -0.4 is 4.74 Å². The Kier molecular flexibility index (Phi) is 6.29.